The molecule has 0 unspecified atom stereocenters. The maximum atomic E-state index is 12.3. The lowest BCUT2D eigenvalue weighted by atomic mass is 9.87. The highest BCUT2D eigenvalue weighted by molar-refractivity contribution is 5.93. The summed E-state index contributed by atoms with van der Waals surface area (Å²) in [5.41, 5.74) is 2.06. The van der Waals surface area contributed by atoms with Crippen molar-refractivity contribution in [3.8, 4) is 0 Å². The minimum atomic E-state index is -0.0920. The summed E-state index contributed by atoms with van der Waals surface area (Å²) < 4.78 is 7.71. The molecular formula is C22H32N4O2. The number of aromatic nitrogens is 1. The van der Waals surface area contributed by atoms with Gasteiger partial charge in [-0.1, -0.05) is 6.92 Å². The molecule has 2 aliphatic rings. The first-order valence-corrected chi connectivity index (χ1v) is 10.6. The maximum absolute atomic E-state index is 12.3. The molecule has 2 heterocycles. The van der Waals surface area contributed by atoms with Gasteiger partial charge in [0.1, 0.15) is 0 Å². The van der Waals surface area contributed by atoms with Crippen LogP contribution in [0.5, 0.6) is 0 Å². The molecule has 1 aliphatic carbocycles. The average Bonchev–Trinajstić information content (AvgIpc) is 3.11. The molecule has 2 fully saturated rings. The van der Waals surface area contributed by atoms with Crippen LogP contribution in [0.15, 0.2) is 30.5 Å². The summed E-state index contributed by atoms with van der Waals surface area (Å²) in [6.45, 7) is 8.00. The number of ether oxygens (including phenoxy) is 1. The summed E-state index contributed by atoms with van der Waals surface area (Å²) in [6.07, 6.45) is 6.71. The molecule has 152 valence electrons. The average molecular weight is 385 g/mol. The standard InChI is InChI=1S/C22H32N4O2/c1-17-2-4-19(5-3-17)23-22(27)24-20-6-7-21-18(16-20)8-9-26(21)11-10-25-12-14-28-15-13-25/h6-9,16-17,19H,2-5,10-15H2,1H3,(H2,23,24,27). The number of anilines is 1. The minimum Gasteiger partial charge on any atom is -0.379 e. The number of nitrogens with one attached hydrogen (secondary N) is 2. The van der Waals surface area contributed by atoms with Gasteiger partial charge in [0.05, 0.1) is 13.2 Å². The zero-order valence-corrected chi connectivity index (χ0v) is 16.8. The number of hydrogen-bond acceptors (Lipinski definition) is 3. The molecular weight excluding hydrogens is 352 g/mol. The molecule has 1 saturated heterocycles. The second kappa shape index (κ2) is 8.97. The lowest BCUT2D eigenvalue weighted by molar-refractivity contribution is 0.0365. The molecule has 2 amide bonds. The number of benzene rings is 1. The Kier molecular flexibility index (Phi) is 6.17. The van der Waals surface area contributed by atoms with Crippen LogP contribution in [-0.4, -0.2) is 54.4 Å². The minimum absolute atomic E-state index is 0.0920. The molecule has 1 aliphatic heterocycles. The van der Waals surface area contributed by atoms with E-state index in [4.69, 9.17) is 4.74 Å². The van der Waals surface area contributed by atoms with Crippen LogP contribution in [0.4, 0.5) is 10.5 Å². The van der Waals surface area contributed by atoms with E-state index in [2.05, 4.69) is 51.4 Å². The first-order chi connectivity index (χ1) is 13.7. The van der Waals surface area contributed by atoms with Gasteiger partial charge < -0.3 is 19.9 Å². The van der Waals surface area contributed by atoms with Crippen LogP contribution in [0.25, 0.3) is 10.9 Å². The zero-order valence-electron chi connectivity index (χ0n) is 16.8. The fraction of sp³-hybridized carbons (Fsp3) is 0.591. The number of fused-ring (bicyclic) bond motifs is 1. The Balaban J connectivity index is 1.32. The molecule has 1 aromatic carbocycles. The summed E-state index contributed by atoms with van der Waals surface area (Å²) >= 11 is 0. The molecule has 4 rings (SSSR count). The molecule has 0 atom stereocenters. The summed E-state index contributed by atoms with van der Waals surface area (Å²) in [7, 11) is 0. The molecule has 2 N–H and O–H groups in total. The highest BCUT2D eigenvalue weighted by Crippen LogP contribution is 2.24. The van der Waals surface area contributed by atoms with Crippen LogP contribution < -0.4 is 10.6 Å². The van der Waals surface area contributed by atoms with Gasteiger partial charge in [-0.3, -0.25) is 4.90 Å². The normalized spacial score (nSPS) is 23.6. The van der Waals surface area contributed by atoms with Crippen molar-refractivity contribution in [3.05, 3.63) is 30.5 Å². The van der Waals surface area contributed by atoms with E-state index in [-0.39, 0.29) is 6.03 Å². The number of carbonyl (C=O) groups excluding carboxylic acids is 1. The van der Waals surface area contributed by atoms with Crippen LogP contribution in [-0.2, 0) is 11.3 Å². The summed E-state index contributed by atoms with van der Waals surface area (Å²) in [5, 5.41) is 7.29. The lowest BCUT2D eigenvalue weighted by Gasteiger charge is -2.27. The largest absolute Gasteiger partial charge is 0.379 e. The third-order valence-corrected chi connectivity index (χ3v) is 6.14. The van der Waals surface area contributed by atoms with Gasteiger partial charge in [0.25, 0.3) is 0 Å². The molecule has 0 spiro atoms. The number of carbonyl (C=O) groups is 1. The van der Waals surface area contributed by atoms with E-state index in [9.17, 15) is 4.79 Å². The second-order valence-electron chi connectivity index (χ2n) is 8.29. The van der Waals surface area contributed by atoms with Crippen LogP contribution in [0.3, 0.4) is 0 Å². The van der Waals surface area contributed by atoms with Crippen molar-refractivity contribution in [1.29, 1.82) is 0 Å². The third-order valence-electron chi connectivity index (χ3n) is 6.14. The van der Waals surface area contributed by atoms with E-state index in [0.717, 1.165) is 69.2 Å². The van der Waals surface area contributed by atoms with E-state index < -0.39 is 0 Å². The highest BCUT2D eigenvalue weighted by atomic mass is 16.5. The Morgan fingerprint density at radius 3 is 2.68 bits per heavy atom. The van der Waals surface area contributed by atoms with Gasteiger partial charge in [-0.15, -0.1) is 0 Å². The van der Waals surface area contributed by atoms with Gasteiger partial charge >= 0.3 is 6.03 Å². The number of nitrogens with zero attached hydrogens (tertiary/aromatic N) is 2. The number of rotatable bonds is 5. The van der Waals surface area contributed by atoms with Crippen LogP contribution in [0.2, 0.25) is 0 Å². The molecule has 28 heavy (non-hydrogen) atoms. The molecule has 1 saturated carbocycles. The van der Waals surface area contributed by atoms with Gasteiger partial charge in [0, 0.05) is 55.0 Å². The lowest BCUT2D eigenvalue weighted by Crippen LogP contribution is -2.39. The number of amides is 2. The predicted molar refractivity (Wildman–Crippen MR) is 113 cm³/mol. The number of urea groups is 1. The third kappa shape index (κ3) is 4.86. The Hall–Kier alpha value is -2.05. The SMILES string of the molecule is CC1CCC(NC(=O)Nc2ccc3c(ccn3CCN3CCOCC3)c2)CC1. The Labute approximate surface area is 167 Å². The van der Waals surface area contributed by atoms with Gasteiger partial charge in [0.2, 0.25) is 0 Å². The molecule has 0 bridgehead atoms. The zero-order chi connectivity index (χ0) is 19.3. The van der Waals surface area contributed by atoms with Crippen molar-refractivity contribution in [2.24, 2.45) is 5.92 Å². The van der Waals surface area contributed by atoms with Crippen LogP contribution >= 0.6 is 0 Å². The fourth-order valence-corrected chi connectivity index (χ4v) is 4.30. The van der Waals surface area contributed by atoms with Crippen LogP contribution in [0, 0.1) is 5.92 Å². The summed E-state index contributed by atoms with van der Waals surface area (Å²) in [6, 6.07) is 8.50. The maximum Gasteiger partial charge on any atom is 0.319 e. The predicted octanol–water partition coefficient (Wildman–Crippen LogP) is 3.67. The highest BCUT2D eigenvalue weighted by Gasteiger charge is 2.19. The van der Waals surface area contributed by atoms with Gasteiger partial charge in [-0.2, -0.15) is 0 Å². The first-order valence-electron chi connectivity index (χ1n) is 10.6. The van der Waals surface area contributed by atoms with Gasteiger partial charge in [0.15, 0.2) is 0 Å². The van der Waals surface area contributed by atoms with E-state index in [1.165, 1.54) is 18.4 Å². The summed E-state index contributed by atoms with van der Waals surface area (Å²) in [4.78, 5) is 14.8. The van der Waals surface area contributed by atoms with Gasteiger partial charge in [-0.05, 0) is 55.9 Å². The van der Waals surface area contributed by atoms with Crippen LogP contribution in [0.1, 0.15) is 32.6 Å². The topological polar surface area (TPSA) is 58.5 Å². The van der Waals surface area contributed by atoms with E-state index in [1.54, 1.807) is 0 Å². The second-order valence-corrected chi connectivity index (χ2v) is 8.29. The first kappa shape index (κ1) is 19.3. The molecule has 0 radical (unpaired) electrons. The fourth-order valence-electron chi connectivity index (χ4n) is 4.30. The van der Waals surface area contributed by atoms with Crippen molar-refractivity contribution < 1.29 is 9.53 Å². The van der Waals surface area contributed by atoms with Crippen molar-refractivity contribution in [1.82, 2.24) is 14.8 Å². The Morgan fingerprint density at radius 1 is 1.11 bits per heavy atom. The number of hydrogen-bond donors (Lipinski definition) is 2. The molecule has 6 nitrogen and oxygen atoms in total. The molecule has 1 aromatic heterocycles. The summed E-state index contributed by atoms with van der Waals surface area (Å²) in [5.74, 6) is 0.788. The van der Waals surface area contributed by atoms with Crippen molar-refractivity contribution >= 4 is 22.6 Å². The van der Waals surface area contributed by atoms with E-state index in [0.29, 0.717) is 6.04 Å². The monoisotopic (exact) mass is 384 g/mol. The molecule has 2 aromatic rings. The Bertz CT molecular complexity index is 789. The number of morpholine rings is 1. The van der Waals surface area contributed by atoms with Gasteiger partial charge in [-0.25, -0.2) is 4.79 Å². The smallest absolute Gasteiger partial charge is 0.319 e. The quantitative estimate of drug-likeness (QED) is 0.827. The van der Waals surface area contributed by atoms with Crippen molar-refractivity contribution in [2.45, 2.75) is 45.2 Å². The molecule has 6 heteroatoms. The van der Waals surface area contributed by atoms with Crippen molar-refractivity contribution in [2.75, 3.05) is 38.2 Å². The van der Waals surface area contributed by atoms with Crippen molar-refractivity contribution in [3.63, 3.8) is 0 Å². The van der Waals surface area contributed by atoms with E-state index in [1.807, 2.05) is 6.07 Å². The van der Waals surface area contributed by atoms with E-state index >= 15 is 0 Å². The Morgan fingerprint density at radius 2 is 1.89 bits per heavy atom.